The average Bonchev–Trinajstić information content (AvgIpc) is 2.29. The first-order valence-corrected chi connectivity index (χ1v) is 6.53. The molecule has 2 aliphatic rings. The van der Waals surface area contributed by atoms with Gasteiger partial charge in [-0.05, 0) is 38.8 Å². The zero-order chi connectivity index (χ0) is 12.3. The van der Waals surface area contributed by atoms with E-state index in [1.165, 1.54) is 12.8 Å². The molecule has 0 aromatic rings. The van der Waals surface area contributed by atoms with E-state index >= 15 is 0 Å². The number of amides is 1. The number of nitrogens with two attached hydrogens (primary N) is 1. The van der Waals surface area contributed by atoms with Crippen LogP contribution in [0, 0.1) is 5.92 Å². The summed E-state index contributed by atoms with van der Waals surface area (Å²) in [7, 11) is 0. The minimum atomic E-state index is -0.430. The monoisotopic (exact) mass is 241 g/mol. The first-order valence-electron chi connectivity index (χ1n) is 6.53. The molecule has 3 N–H and O–H groups in total. The fourth-order valence-electron chi connectivity index (χ4n) is 2.77. The second-order valence-corrected chi connectivity index (χ2v) is 5.25. The van der Waals surface area contributed by atoms with Crippen molar-refractivity contribution in [3.8, 4) is 0 Å². The molecule has 5 nitrogen and oxygen atoms in total. The van der Waals surface area contributed by atoms with Crippen LogP contribution in [-0.2, 0) is 9.53 Å². The van der Waals surface area contributed by atoms with E-state index < -0.39 is 6.10 Å². The van der Waals surface area contributed by atoms with Gasteiger partial charge in [0.15, 0.2) is 0 Å². The lowest BCUT2D eigenvalue weighted by molar-refractivity contribution is -0.142. The summed E-state index contributed by atoms with van der Waals surface area (Å²) in [5.41, 5.74) is 5.32. The van der Waals surface area contributed by atoms with Crippen molar-refractivity contribution in [3.63, 3.8) is 0 Å². The van der Waals surface area contributed by atoms with Crippen molar-refractivity contribution >= 4 is 5.91 Å². The first kappa shape index (κ1) is 12.8. The summed E-state index contributed by atoms with van der Waals surface area (Å²) in [4.78, 5) is 13.5. The Morgan fingerprint density at radius 1 is 1.41 bits per heavy atom. The molecule has 2 heterocycles. The molecule has 0 aromatic heterocycles. The van der Waals surface area contributed by atoms with Gasteiger partial charge in [0, 0.05) is 19.6 Å². The fourth-order valence-corrected chi connectivity index (χ4v) is 2.77. The van der Waals surface area contributed by atoms with Crippen molar-refractivity contribution in [1.82, 2.24) is 10.2 Å². The van der Waals surface area contributed by atoms with E-state index in [9.17, 15) is 4.79 Å². The van der Waals surface area contributed by atoms with Gasteiger partial charge in [-0.3, -0.25) is 9.69 Å². The van der Waals surface area contributed by atoms with Gasteiger partial charge in [0.2, 0.25) is 5.91 Å². The molecule has 0 aromatic carbocycles. The van der Waals surface area contributed by atoms with Crippen LogP contribution in [0.3, 0.4) is 0 Å². The Bertz CT molecular complexity index is 266. The molecule has 0 bridgehead atoms. The molecule has 0 aliphatic carbocycles. The van der Waals surface area contributed by atoms with Gasteiger partial charge < -0.3 is 15.8 Å². The van der Waals surface area contributed by atoms with Crippen LogP contribution in [0.15, 0.2) is 0 Å². The molecule has 0 radical (unpaired) electrons. The lowest BCUT2D eigenvalue weighted by atomic mass is 9.97. The minimum absolute atomic E-state index is 0.1000. The zero-order valence-electron chi connectivity index (χ0n) is 10.5. The van der Waals surface area contributed by atoms with Gasteiger partial charge in [0.1, 0.15) is 6.10 Å². The van der Waals surface area contributed by atoms with Crippen molar-refractivity contribution in [2.75, 3.05) is 32.7 Å². The summed E-state index contributed by atoms with van der Waals surface area (Å²) < 4.78 is 5.54. The fraction of sp³-hybridized carbons (Fsp3) is 0.917. The maximum atomic E-state index is 11.2. The molecular formula is C12H23N3O2. The minimum Gasteiger partial charge on any atom is -0.367 e. The van der Waals surface area contributed by atoms with Crippen molar-refractivity contribution in [2.24, 2.45) is 11.7 Å². The number of hydrogen-bond acceptors (Lipinski definition) is 4. The van der Waals surface area contributed by atoms with E-state index in [-0.39, 0.29) is 12.0 Å². The molecule has 2 fully saturated rings. The summed E-state index contributed by atoms with van der Waals surface area (Å²) in [6, 6.07) is 0. The second kappa shape index (κ2) is 5.80. The smallest absolute Gasteiger partial charge is 0.247 e. The van der Waals surface area contributed by atoms with Crippen LogP contribution >= 0.6 is 0 Å². The van der Waals surface area contributed by atoms with Crippen LogP contribution in [0.4, 0.5) is 0 Å². The van der Waals surface area contributed by atoms with Gasteiger partial charge >= 0.3 is 0 Å². The van der Waals surface area contributed by atoms with E-state index in [0.29, 0.717) is 6.54 Å². The van der Waals surface area contributed by atoms with E-state index in [1.807, 2.05) is 6.92 Å². The van der Waals surface area contributed by atoms with Gasteiger partial charge in [0.25, 0.3) is 0 Å². The third-order valence-corrected chi connectivity index (χ3v) is 3.63. The molecule has 2 atom stereocenters. The highest BCUT2D eigenvalue weighted by Gasteiger charge is 2.30. The highest BCUT2D eigenvalue weighted by atomic mass is 16.5. The SMILES string of the molecule is C[C@@H]1CN(CC2CCNCC2)CC(C(N)=O)O1. The molecule has 2 aliphatic heterocycles. The quantitative estimate of drug-likeness (QED) is 0.703. The Kier molecular flexibility index (Phi) is 4.36. The number of hydrogen-bond donors (Lipinski definition) is 2. The Labute approximate surface area is 103 Å². The van der Waals surface area contributed by atoms with E-state index in [2.05, 4.69) is 10.2 Å². The largest absolute Gasteiger partial charge is 0.367 e. The predicted octanol–water partition coefficient (Wildman–Crippen LogP) is -0.439. The third kappa shape index (κ3) is 3.66. The van der Waals surface area contributed by atoms with E-state index in [4.69, 9.17) is 10.5 Å². The maximum Gasteiger partial charge on any atom is 0.247 e. The molecule has 1 amide bonds. The van der Waals surface area contributed by atoms with Crippen LogP contribution in [0.5, 0.6) is 0 Å². The number of nitrogens with one attached hydrogen (secondary N) is 1. The van der Waals surface area contributed by atoms with Crippen molar-refractivity contribution in [3.05, 3.63) is 0 Å². The maximum absolute atomic E-state index is 11.2. The summed E-state index contributed by atoms with van der Waals surface area (Å²) in [5.74, 6) is 0.405. The molecule has 5 heteroatoms. The predicted molar refractivity (Wildman–Crippen MR) is 65.6 cm³/mol. The number of primary amides is 1. The van der Waals surface area contributed by atoms with E-state index in [1.54, 1.807) is 0 Å². The van der Waals surface area contributed by atoms with Gasteiger partial charge in [0.05, 0.1) is 6.10 Å². The van der Waals surface area contributed by atoms with Gasteiger partial charge in [-0.2, -0.15) is 0 Å². The van der Waals surface area contributed by atoms with Crippen LogP contribution in [0.2, 0.25) is 0 Å². The molecule has 0 spiro atoms. The molecule has 1 unspecified atom stereocenters. The molecule has 0 saturated carbocycles. The number of rotatable bonds is 3. The van der Waals surface area contributed by atoms with Gasteiger partial charge in [-0.15, -0.1) is 0 Å². The standard InChI is InChI=1S/C12H23N3O2/c1-9-6-15(8-11(17-9)12(13)16)7-10-2-4-14-5-3-10/h9-11,14H,2-8H2,1H3,(H2,13,16)/t9-,11?/m1/s1. The summed E-state index contributed by atoms with van der Waals surface area (Å²) in [6.45, 7) is 6.87. The third-order valence-electron chi connectivity index (χ3n) is 3.63. The number of piperidine rings is 1. The van der Waals surface area contributed by atoms with Crippen LogP contribution in [0.1, 0.15) is 19.8 Å². The Morgan fingerprint density at radius 2 is 2.12 bits per heavy atom. The molecular weight excluding hydrogens is 218 g/mol. The highest BCUT2D eigenvalue weighted by molar-refractivity contribution is 5.79. The van der Waals surface area contributed by atoms with Crippen molar-refractivity contribution in [1.29, 1.82) is 0 Å². The van der Waals surface area contributed by atoms with Gasteiger partial charge in [-0.25, -0.2) is 0 Å². The normalized spacial score (nSPS) is 32.5. The summed E-state index contributed by atoms with van der Waals surface area (Å²) >= 11 is 0. The van der Waals surface area contributed by atoms with Gasteiger partial charge in [-0.1, -0.05) is 0 Å². The Hall–Kier alpha value is -0.650. The average molecular weight is 241 g/mol. The number of carbonyl (C=O) groups excluding carboxylic acids is 1. The van der Waals surface area contributed by atoms with Crippen LogP contribution in [0.25, 0.3) is 0 Å². The summed E-state index contributed by atoms with van der Waals surface area (Å²) in [6.07, 6.45) is 2.13. The second-order valence-electron chi connectivity index (χ2n) is 5.25. The van der Waals surface area contributed by atoms with Crippen LogP contribution in [-0.4, -0.2) is 55.7 Å². The van der Waals surface area contributed by atoms with Crippen LogP contribution < -0.4 is 11.1 Å². The molecule has 2 saturated heterocycles. The highest BCUT2D eigenvalue weighted by Crippen LogP contribution is 2.17. The number of morpholine rings is 1. The molecule has 98 valence electrons. The summed E-state index contributed by atoms with van der Waals surface area (Å²) in [5, 5.41) is 3.37. The lowest BCUT2D eigenvalue weighted by Crippen LogP contribution is -2.53. The van der Waals surface area contributed by atoms with Crippen molar-refractivity contribution < 1.29 is 9.53 Å². The number of ether oxygens (including phenoxy) is 1. The first-order chi connectivity index (χ1) is 8.15. The Morgan fingerprint density at radius 3 is 2.76 bits per heavy atom. The lowest BCUT2D eigenvalue weighted by Gasteiger charge is -2.38. The number of carbonyl (C=O) groups is 1. The Balaban J connectivity index is 1.84. The van der Waals surface area contributed by atoms with Crippen molar-refractivity contribution in [2.45, 2.75) is 32.0 Å². The van der Waals surface area contributed by atoms with E-state index in [0.717, 1.165) is 32.1 Å². The molecule has 2 rings (SSSR count). The topological polar surface area (TPSA) is 67.6 Å². The number of nitrogens with zero attached hydrogens (tertiary/aromatic N) is 1. The zero-order valence-corrected chi connectivity index (χ0v) is 10.5. The molecule has 17 heavy (non-hydrogen) atoms.